The van der Waals surface area contributed by atoms with Crippen molar-refractivity contribution in [1.29, 1.82) is 0 Å². The zero-order valence-corrected chi connectivity index (χ0v) is 9.59. The highest BCUT2D eigenvalue weighted by atomic mass is 16.2. The maximum atomic E-state index is 11.8. The molecule has 0 fully saturated rings. The Morgan fingerprint density at radius 1 is 1.18 bits per heavy atom. The molecule has 17 heavy (non-hydrogen) atoms. The molecule has 0 saturated carbocycles. The number of hydrogen-bond donors (Lipinski definition) is 1. The number of aromatic nitrogens is 2. The number of nitrogens with one attached hydrogen (secondary N) is 1. The van der Waals surface area contributed by atoms with Gasteiger partial charge in [-0.3, -0.25) is 9.36 Å². The van der Waals surface area contributed by atoms with Gasteiger partial charge in [0.2, 0.25) is 0 Å². The molecule has 1 heterocycles. The van der Waals surface area contributed by atoms with Gasteiger partial charge in [0.1, 0.15) is 0 Å². The first kappa shape index (κ1) is 11.4. The smallest absolute Gasteiger partial charge is 0.314 e. The zero-order valence-electron chi connectivity index (χ0n) is 9.59. The second kappa shape index (κ2) is 4.82. The monoisotopic (exact) mass is 230 g/mol. The van der Waals surface area contributed by atoms with E-state index in [0.717, 1.165) is 5.56 Å². The molecular weight excluding hydrogens is 216 g/mol. The Bertz CT molecular complexity index is 570. The first-order valence-electron chi connectivity index (χ1n) is 5.59. The quantitative estimate of drug-likeness (QED) is 0.869. The lowest BCUT2D eigenvalue weighted by Crippen LogP contribution is -2.37. The molecule has 2 rings (SSSR count). The van der Waals surface area contributed by atoms with Crippen LogP contribution >= 0.6 is 0 Å². The van der Waals surface area contributed by atoms with Crippen LogP contribution in [0.3, 0.4) is 0 Å². The van der Waals surface area contributed by atoms with E-state index in [-0.39, 0.29) is 17.3 Å². The number of hydrogen-bond acceptors (Lipinski definition) is 2. The van der Waals surface area contributed by atoms with Crippen LogP contribution < -0.4 is 11.2 Å². The molecule has 88 valence electrons. The average molecular weight is 230 g/mol. The number of nitrogens with zero attached hydrogens (tertiary/aromatic N) is 1. The Labute approximate surface area is 98.6 Å². The molecule has 2 aromatic rings. The van der Waals surface area contributed by atoms with E-state index >= 15 is 0 Å². The molecule has 0 aliphatic rings. The van der Waals surface area contributed by atoms with Gasteiger partial charge in [0.15, 0.2) is 0 Å². The fourth-order valence-corrected chi connectivity index (χ4v) is 1.97. The molecule has 1 aromatic heterocycles. The third kappa shape index (κ3) is 2.20. The van der Waals surface area contributed by atoms with Crippen molar-refractivity contribution in [2.45, 2.75) is 19.4 Å². The molecule has 0 unspecified atom stereocenters. The summed E-state index contributed by atoms with van der Waals surface area (Å²) in [5.41, 5.74) is 0.325. The molecule has 0 saturated heterocycles. The largest absolute Gasteiger partial charge is 0.328 e. The molecule has 1 N–H and O–H groups in total. The minimum atomic E-state index is -0.367. The Kier molecular flexibility index (Phi) is 3.23. The van der Waals surface area contributed by atoms with Gasteiger partial charge in [-0.05, 0) is 12.0 Å². The first-order valence-corrected chi connectivity index (χ1v) is 5.59. The fourth-order valence-electron chi connectivity index (χ4n) is 1.97. The molecule has 0 radical (unpaired) electrons. The van der Waals surface area contributed by atoms with Crippen molar-refractivity contribution in [3.63, 3.8) is 0 Å². The van der Waals surface area contributed by atoms with E-state index in [0.29, 0.717) is 6.42 Å². The van der Waals surface area contributed by atoms with Gasteiger partial charge >= 0.3 is 5.69 Å². The van der Waals surface area contributed by atoms with Crippen LogP contribution in [-0.4, -0.2) is 9.55 Å². The maximum Gasteiger partial charge on any atom is 0.328 e. The average Bonchev–Trinajstić information content (AvgIpc) is 2.35. The molecule has 0 bridgehead atoms. The van der Waals surface area contributed by atoms with Crippen molar-refractivity contribution in [1.82, 2.24) is 9.55 Å². The topological polar surface area (TPSA) is 54.9 Å². The molecule has 1 aromatic carbocycles. The van der Waals surface area contributed by atoms with Crippen LogP contribution in [0.1, 0.15) is 24.9 Å². The van der Waals surface area contributed by atoms with Crippen molar-refractivity contribution in [2.75, 3.05) is 0 Å². The Hall–Kier alpha value is -2.10. The van der Waals surface area contributed by atoms with E-state index in [1.165, 1.54) is 16.8 Å². The van der Waals surface area contributed by atoms with Crippen molar-refractivity contribution in [2.24, 2.45) is 0 Å². The zero-order chi connectivity index (χ0) is 12.3. The van der Waals surface area contributed by atoms with Gasteiger partial charge in [-0.15, -0.1) is 0 Å². The molecule has 0 aliphatic heterocycles. The van der Waals surface area contributed by atoms with Gasteiger partial charge in [-0.25, -0.2) is 4.79 Å². The third-order valence-corrected chi connectivity index (χ3v) is 2.77. The minimum Gasteiger partial charge on any atom is -0.314 e. The number of aromatic amines is 1. The van der Waals surface area contributed by atoms with Gasteiger partial charge in [0.05, 0.1) is 6.04 Å². The van der Waals surface area contributed by atoms with Crippen LogP contribution in [0.2, 0.25) is 0 Å². The van der Waals surface area contributed by atoms with Crippen LogP contribution in [-0.2, 0) is 0 Å². The Balaban J connectivity index is 2.58. The highest BCUT2D eigenvalue weighted by Crippen LogP contribution is 2.17. The SMILES string of the molecule is CC[C@H](c1ccccc1)n1c(=O)cc[nH]c1=O. The minimum absolute atomic E-state index is 0.214. The second-order valence-electron chi connectivity index (χ2n) is 3.83. The van der Waals surface area contributed by atoms with E-state index in [1.807, 2.05) is 37.3 Å². The summed E-state index contributed by atoms with van der Waals surface area (Å²) in [5, 5.41) is 0. The Morgan fingerprint density at radius 2 is 1.88 bits per heavy atom. The van der Waals surface area contributed by atoms with Crippen LogP contribution in [0.25, 0.3) is 0 Å². The normalized spacial score (nSPS) is 12.3. The molecule has 4 heteroatoms. The van der Waals surface area contributed by atoms with Crippen molar-refractivity contribution >= 4 is 0 Å². The highest BCUT2D eigenvalue weighted by molar-refractivity contribution is 5.19. The number of rotatable bonds is 3. The summed E-state index contributed by atoms with van der Waals surface area (Å²) in [6.45, 7) is 1.95. The number of H-pyrrole nitrogens is 1. The lowest BCUT2D eigenvalue weighted by molar-refractivity contribution is 0.521. The lowest BCUT2D eigenvalue weighted by Gasteiger charge is -2.16. The molecule has 0 aliphatic carbocycles. The van der Waals surface area contributed by atoms with E-state index in [2.05, 4.69) is 4.98 Å². The van der Waals surface area contributed by atoms with E-state index in [4.69, 9.17) is 0 Å². The van der Waals surface area contributed by atoms with Crippen LogP contribution in [0.4, 0.5) is 0 Å². The summed E-state index contributed by atoms with van der Waals surface area (Å²) in [7, 11) is 0. The van der Waals surface area contributed by atoms with E-state index in [9.17, 15) is 9.59 Å². The molecule has 4 nitrogen and oxygen atoms in total. The molecule has 0 amide bonds. The summed E-state index contributed by atoms with van der Waals surface area (Å²) >= 11 is 0. The highest BCUT2D eigenvalue weighted by Gasteiger charge is 2.14. The van der Waals surface area contributed by atoms with Gasteiger partial charge in [-0.2, -0.15) is 0 Å². The van der Waals surface area contributed by atoms with E-state index in [1.54, 1.807) is 0 Å². The second-order valence-corrected chi connectivity index (χ2v) is 3.83. The van der Waals surface area contributed by atoms with Gasteiger partial charge < -0.3 is 4.98 Å². The standard InChI is InChI=1S/C13H14N2O2/c1-2-11(10-6-4-3-5-7-10)15-12(16)8-9-14-13(15)17/h3-9,11H,2H2,1H3,(H,14,17)/t11-/m1/s1. The summed E-state index contributed by atoms with van der Waals surface area (Å²) in [6, 6.07) is 10.7. The van der Waals surface area contributed by atoms with Crippen LogP contribution in [0.15, 0.2) is 52.2 Å². The third-order valence-electron chi connectivity index (χ3n) is 2.77. The van der Waals surface area contributed by atoms with Gasteiger partial charge in [-0.1, -0.05) is 37.3 Å². The van der Waals surface area contributed by atoms with Crippen LogP contribution in [0, 0.1) is 0 Å². The van der Waals surface area contributed by atoms with E-state index < -0.39 is 0 Å². The predicted molar refractivity (Wildman–Crippen MR) is 66.2 cm³/mol. The predicted octanol–water partition coefficient (Wildman–Crippen LogP) is 1.54. The van der Waals surface area contributed by atoms with Crippen LogP contribution in [0.5, 0.6) is 0 Å². The summed E-state index contributed by atoms with van der Waals surface area (Å²) in [4.78, 5) is 26.0. The maximum absolute atomic E-state index is 11.8. The molecule has 0 spiro atoms. The van der Waals surface area contributed by atoms with Crippen molar-refractivity contribution < 1.29 is 0 Å². The summed E-state index contributed by atoms with van der Waals surface area (Å²) in [6.07, 6.45) is 2.07. The Morgan fingerprint density at radius 3 is 2.47 bits per heavy atom. The first-order chi connectivity index (χ1) is 8.24. The van der Waals surface area contributed by atoms with Crippen molar-refractivity contribution in [3.8, 4) is 0 Å². The summed E-state index contributed by atoms with van der Waals surface area (Å²) < 4.78 is 1.26. The van der Waals surface area contributed by atoms with Gasteiger partial charge in [0, 0.05) is 12.3 Å². The van der Waals surface area contributed by atoms with Gasteiger partial charge in [0.25, 0.3) is 5.56 Å². The van der Waals surface area contributed by atoms with Crippen molar-refractivity contribution in [3.05, 3.63) is 69.0 Å². The fraction of sp³-hybridized carbons (Fsp3) is 0.231. The summed E-state index contributed by atoms with van der Waals surface area (Å²) in [5.74, 6) is 0. The molecular formula is C13H14N2O2. The lowest BCUT2D eigenvalue weighted by atomic mass is 10.0. The number of benzene rings is 1. The molecule has 1 atom stereocenters.